The maximum absolute atomic E-state index is 11.7. The van der Waals surface area contributed by atoms with Crippen LogP contribution < -0.4 is 14.8 Å². The van der Waals surface area contributed by atoms with Crippen molar-refractivity contribution >= 4 is 11.7 Å². The Bertz CT molecular complexity index is 649. The van der Waals surface area contributed by atoms with E-state index < -0.39 is 0 Å². The number of ether oxygens (including phenoxy) is 2. The Labute approximate surface area is 128 Å². The molecule has 2 rings (SSSR count). The fourth-order valence-corrected chi connectivity index (χ4v) is 1.80. The van der Waals surface area contributed by atoms with Gasteiger partial charge in [0.1, 0.15) is 5.76 Å². The third-order valence-electron chi connectivity index (χ3n) is 2.97. The maximum atomic E-state index is 11.7. The van der Waals surface area contributed by atoms with Gasteiger partial charge >= 0.3 is 0 Å². The van der Waals surface area contributed by atoms with Crippen LogP contribution >= 0.6 is 0 Å². The normalized spacial score (nSPS) is 10.1. The van der Waals surface area contributed by atoms with Crippen LogP contribution in [0.3, 0.4) is 0 Å². The molecule has 0 radical (unpaired) electrons. The summed E-state index contributed by atoms with van der Waals surface area (Å²) in [6, 6.07) is 8.33. The van der Waals surface area contributed by atoms with Gasteiger partial charge in [-0.2, -0.15) is 0 Å². The van der Waals surface area contributed by atoms with E-state index in [-0.39, 0.29) is 18.3 Å². The van der Waals surface area contributed by atoms with Crippen molar-refractivity contribution < 1.29 is 23.5 Å². The number of amides is 1. The van der Waals surface area contributed by atoms with Crippen LogP contribution in [0, 0.1) is 0 Å². The van der Waals surface area contributed by atoms with Gasteiger partial charge in [0.05, 0.1) is 19.9 Å². The molecule has 1 heterocycles. The molecule has 0 saturated carbocycles. The lowest BCUT2D eigenvalue weighted by Crippen LogP contribution is -2.28. The number of hydrogen-bond donors (Lipinski definition) is 1. The summed E-state index contributed by atoms with van der Waals surface area (Å²) in [5.74, 6) is 1.12. The molecule has 6 nitrogen and oxygen atoms in total. The number of carbonyl (C=O) groups excluding carboxylic acids is 2. The average molecular weight is 303 g/mol. The Kier molecular flexibility index (Phi) is 5.19. The summed E-state index contributed by atoms with van der Waals surface area (Å²) in [5.41, 5.74) is 0.520. The molecule has 1 N–H and O–H groups in total. The summed E-state index contributed by atoms with van der Waals surface area (Å²) < 4.78 is 15.7. The molecule has 0 bridgehead atoms. The van der Waals surface area contributed by atoms with Crippen molar-refractivity contribution in [1.82, 2.24) is 5.32 Å². The van der Waals surface area contributed by atoms with Crippen LogP contribution in [0.25, 0.3) is 0 Å². The van der Waals surface area contributed by atoms with Gasteiger partial charge in [-0.1, -0.05) is 0 Å². The predicted octanol–water partition coefficient (Wildman–Crippen LogP) is 2.19. The Morgan fingerprint density at radius 2 is 2.05 bits per heavy atom. The van der Waals surface area contributed by atoms with Crippen molar-refractivity contribution in [2.75, 3.05) is 13.7 Å². The van der Waals surface area contributed by atoms with Crippen molar-refractivity contribution in [1.29, 1.82) is 0 Å². The van der Waals surface area contributed by atoms with E-state index in [0.29, 0.717) is 29.4 Å². The first-order valence-corrected chi connectivity index (χ1v) is 6.71. The largest absolute Gasteiger partial charge is 0.493 e. The summed E-state index contributed by atoms with van der Waals surface area (Å²) in [7, 11) is 1.48. The highest BCUT2D eigenvalue weighted by molar-refractivity contribution is 5.94. The molecule has 0 atom stereocenters. The molecule has 0 unspecified atom stereocenters. The van der Waals surface area contributed by atoms with E-state index in [1.165, 1.54) is 14.0 Å². The summed E-state index contributed by atoms with van der Waals surface area (Å²) in [4.78, 5) is 23.0. The summed E-state index contributed by atoms with van der Waals surface area (Å²) in [6.45, 7) is 1.61. The van der Waals surface area contributed by atoms with Crippen LogP contribution in [0.4, 0.5) is 0 Å². The highest BCUT2D eigenvalue weighted by Gasteiger charge is 2.10. The quantitative estimate of drug-likeness (QED) is 0.793. The monoisotopic (exact) mass is 303 g/mol. The lowest BCUT2D eigenvalue weighted by atomic mass is 10.1. The standard InChI is InChI=1S/C16H17NO5/c1-11(18)12-5-6-14(15(8-12)20-2)22-10-16(19)17-9-13-4-3-7-21-13/h3-8H,9-10H2,1-2H3,(H,17,19). The van der Waals surface area contributed by atoms with Crippen molar-refractivity contribution in [2.24, 2.45) is 0 Å². The molecule has 22 heavy (non-hydrogen) atoms. The Balaban J connectivity index is 1.90. The van der Waals surface area contributed by atoms with Gasteiger partial charge in [-0.3, -0.25) is 9.59 Å². The number of benzene rings is 1. The van der Waals surface area contributed by atoms with Gasteiger partial charge in [0.25, 0.3) is 5.91 Å². The number of hydrogen-bond acceptors (Lipinski definition) is 5. The first kappa shape index (κ1) is 15.6. The van der Waals surface area contributed by atoms with Crippen LogP contribution in [0.5, 0.6) is 11.5 Å². The molecule has 1 aromatic heterocycles. The molecule has 2 aromatic rings. The molecule has 116 valence electrons. The van der Waals surface area contributed by atoms with Crippen molar-refractivity contribution in [3.63, 3.8) is 0 Å². The third-order valence-corrected chi connectivity index (χ3v) is 2.97. The predicted molar refractivity (Wildman–Crippen MR) is 79.0 cm³/mol. The molecule has 1 aromatic carbocycles. The van der Waals surface area contributed by atoms with E-state index in [1.807, 2.05) is 0 Å². The molecule has 1 amide bonds. The zero-order chi connectivity index (χ0) is 15.9. The van der Waals surface area contributed by atoms with Crippen LogP contribution in [-0.2, 0) is 11.3 Å². The number of rotatable bonds is 7. The molecule has 0 saturated heterocycles. The van der Waals surface area contributed by atoms with Gasteiger partial charge in [0.15, 0.2) is 23.9 Å². The van der Waals surface area contributed by atoms with Gasteiger partial charge in [-0.25, -0.2) is 0 Å². The molecule has 0 aliphatic carbocycles. The molecule has 0 fully saturated rings. The van der Waals surface area contributed by atoms with Gasteiger partial charge in [-0.15, -0.1) is 0 Å². The minimum absolute atomic E-state index is 0.0685. The number of Topliss-reactive ketones (excluding diaryl/α,β-unsaturated/α-hetero) is 1. The van der Waals surface area contributed by atoms with Crippen LogP contribution in [-0.4, -0.2) is 25.4 Å². The minimum atomic E-state index is -0.283. The number of ketones is 1. The molecule has 0 aliphatic heterocycles. The smallest absolute Gasteiger partial charge is 0.258 e. The summed E-state index contributed by atoms with van der Waals surface area (Å²) >= 11 is 0. The Morgan fingerprint density at radius 3 is 2.68 bits per heavy atom. The third kappa shape index (κ3) is 4.12. The lowest BCUT2D eigenvalue weighted by Gasteiger charge is -2.11. The van der Waals surface area contributed by atoms with E-state index in [2.05, 4.69) is 5.32 Å². The first-order valence-electron chi connectivity index (χ1n) is 6.71. The Hall–Kier alpha value is -2.76. The highest BCUT2D eigenvalue weighted by Crippen LogP contribution is 2.28. The van der Waals surface area contributed by atoms with E-state index in [1.54, 1.807) is 36.6 Å². The maximum Gasteiger partial charge on any atom is 0.258 e. The van der Waals surface area contributed by atoms with Crippen LogP contribution in [0.2, 0.25) is 0 Å². The number of methoxy groups -OCH3 is 1. The zero-order valence-corrected chi connectivity index (χ0v) is 12.4. The van der Waals surface area contributed by atoms with Gasteiger partial charge in [-0.05, 0) is 37.3 Å². The van der Waals surface area contributed by atoms with E-state index in [9.17, 15) is 9.59 Å². The van der Waals surface area contributed by atoms with E-state index in [4.69, 9.17) is 13.9 Å². The summed E-state index contributed by atoms with van der Waals surface area (Å²) in [6.07, 6.45) is 1.54. The number of furan rings is 1. The first-order chi connectivity index (χ1) is 10.6. The van der Waals surface area contributed by atoms with Crippen LogP contribution in [0.1, 0.15) is 23.0 Å². The highest BCUT2D eigenvalue weighted by atomic mass is 16.5. The summed E-state index contributed by atoms with van der Waals surface area (Å²) in [5, 5.41) is 2.67. The molecular weight excluding hydrogens is 286 g/mol. The fourth-order valence-electron chi connectivity index (χ4n) is 1.80. The minimum Gasteiger partial charge on any atom is -0.493 e. The average Bonchev–Trinajstić information content (AvgIpc) is 3.04. The topological polar surface area (TPSA) is 77.8 Å². The second-order valence-electron chi connectivity index (χ2n) is 4.57. The van der Waals surface area contributed by atoms with Crippen molar-refractivity contribution in [3.8, 4) is 11.5 Å². The van der Waals surface area contributed by atoms with E-state index >= 15 is 0 Å². The van der Waals surface area contributed by atoms with Gasteiger partial charge in [0.2, 0.25) is 0 Å². The van der Waals surface area contributed by atoms with E-state index in [0.717, 1.165) is 0 Å². The second kappa shape index (κ2) is 7.31. The molecular formula is C16H17NO5. The van der Waals surface area contributed by atoms with Crippen LogP contribution in [0.15, 0.2) is 41.0 Å². The lowest BCUT2D eigenvalue weighted by molar-refractivity contribution is -0.123. The number of carbonyl (C=O) groups is 2. The number of nitrogens with one attached hydrogen (secondary N) is 1. The van der Waals surface area contributed by atoms with Crippen molar-refractivity contribution in [3.05, 3.63) is 47.9 Å². The second-order valence-corrected chi connectivity index (χ2v) is 4.57. The zero-order valence-electron chi connectivity index (χ0n) is 12.4. The molecule has 6 heteroatoms. The molecule has 0 spiro atoms. The Morgan fingerprint density at radius 1 is 1.23 bits per heavy atom. The fraction of sp³-hybridized carbons (Fsp3) is 0.250. The van der Waals surface area contributed by atoms with Gasteiger partial charge in [0, 0.05) is 5.56 Å². The SMILES string of the molecule is COc1cc(C(C)=O)ccc1OCC(=O)NCc1ccco1. The van der Waals surface area contributed by atoms with Crippen molar-refractivity contribution in [2.45, 2.75) is 13.5 Å². The van der Waals surface area contributed by atoms with Gasteiger partial charge < -0.3 is 19.2 Å². The molecule has 0 aliphatic rings.